The second-order valence-corrected chi connectivity index (χ2v) is 13.9. The lowest BCUT2D eigenvalue weighted by Gasteiger charge is -2.31. The van der Waals surface area contributed by atoms with Crippen molar-refractivity contribution in [3.8, 4) is 6.07 Å². The number of halogens is 1. The lowest BCUT2D eigenvalue weighted by molar-refractivity contribution is -0.127. The minimum atomic E-state index is -0.497. The molecule has 1 saturated heterocycles. The second kappa shape index (κ2) is 13.6. The molecule has 0 aromatic heterocycles. The number of rotatable bonds is 9. The predicted octanol–water partition coefficient (Wildman–Crippen LogP) is 5.90. The zero-order chi connectivity index (χ0) is 32.2. The van der Waals surface area contributed by atoms with Gasteiger partial charge in [0.1, 0.15) is 17.5 Å². The van der Waals surface area contributed by atoms with Gasteiger partial charge in [0.2, 0.25) is 0 Å². The van der Waals surface area contributed by atoms with Crippen molar-refractivity contribution in [3.63, 3.8) is 0 Å². The van der Waals surface area contributed by atoms with Gasteiger partial charge in [-0.05, 0) is 93.6 Å². The van der Waals surface area contributed by atoms with Crippen LogP contribution in [0.3, 0.4) is 0 Å². The zero-order valence-corrected chi connectivity index (χ0v) is 27.8. The van der Waals surface area contributed by atoms with Gasteiger partial charge in [0.05, 0.1) is 6.04 Å². The molecule has 2 aliphatic rings. The maximum absolute atomic E-state index is 13.6. The maximum atomic E-state index is 13.6. The van der Waals surface area contributed by atoms with E-state index >= 15 is 0 Å². The Balaban J connectivity index is 1.63. The molecular formula is C35H45ClN6O2. The number of nitriles is 1. The van der Waals surface area contributed by atoms with Gasteiger partial charge >= 0.3 is 0 Å². The number of amides is 2. The van der Waals surface area contributed by atoms with Crippen LogP contribution >= 0.6 is 11.6 Å². The molecule has 1 unspecified atom stereocenters. The van der Waals surface area contributed by atoms with Crippen LogP contribution in [0.1, 0.15) is 75.9 Å². The third-order valence-corrected chi connectivity index (χ3v) is 9.11. The van der Waals surface area contributed by atoms with Crippen LogP contribution in [0.4, 0.5) is 5.69 Å². The summed E-state index contributed by atoms with van der Waals surface area (Å²) in [6, 6.07) is 15.5. The normalized spacial score (nSPS) is 18.8. The number of aliphatic imine (C=N–C) groups is 1. The largest absolute Gasteiger partial charge is 0.333 e. The molecule has 2 heterocycles. The number of fused-ring (bicyclic) bond motifs is 1. The van der Waals surface area contributed by atoms with Gasteiger partial charge in [-0.25, -0.2) is 0 Å². The van der Waals surface area contributed by atoms with Crippen LogP contribution in [-0.2, 0) is 17.8 Å². The summed E-state index contributed by atoms with van der Waals surface area (Å²) in [5, 5.41) is 17.2. The number of likely N-dealkylation sites (tertiary alicyclic amines) is 1. The van der Waals surface area contributed by atoms with Crippen molar-refractivity contribution in [2.75, 3.05) is 25.0 Å². The minimum absolute atomic E-state index is 0.131. The molecule has 2 amide bonds. The smallest absolute Gasteiger partial charge is 0.278 e. The maximum Gasteiger partial charge on any atom is 0.278 e. The van der Waals surface area contributed by atoms with Crippen LogP contribution < -0.4 is 15.5 Å². The summed E-state index contributed by atoms with van der Waals surface area (Å²) in [5.41, 5.74) is 3.50. The first-order valence-corrected chi connectivity index (χ1v) is 15.7. The molecule has 0 spiro atoms. The lowest BCUT2D eigenvalue weighted by Crippen LogP contribution is -2.45. The third-order valence-electron chi connectivity index (χ3n) is 8.86. The first-order valence-electron chi connectivity index (χ1n) is 15.4. The van der Waals surface area contributed by atoms with E-state index in [0.717, 1.165) is 30.6 Å². The van der Waals surface area contributed by atoms with E-state index in [0.29, 0.717) is 42.0 Å². The van der Waals surface area contributed by atoms with Gasteiger partial charge in [0.25, 0.3) is 11.8 Å². The van der Waals surface area contributed by atoms with Crippen molar-refractivity contribution in [1.29, 1.82) is 5.26 Å². The Labute approximate surface area is 267 Å². The van der Waals surface area contributed by atoms with Crippen molar-refractivity contribution in [2.45, 2.75) is 85.0 Å². The topological polar surface area (TPSA) is 101 Å². The Hall–Kier alpha value is -3.51. The molecular weight excluding hydrogens is 572 g/mol. The Morgan fingerprint density at radius 1 is 1.16 bits per heavy atom. The van der Waals surface area contributed by atoms with E-state index in [1.807, 2.05) is 18.7 Å². The number of nitrogens with zero attached hydrogens (tertiary/aromatic N) is 4. The summed E-state index contributed by atoms with van der Waals surface area (Å²) in [4.78, 5) is 35.4. The number of benzene rings is 2. The molecule has 2 aromatic rings. The Kier molecular flexibility index (Phi) is 10.3. The first kappa shape index (κ1) is 33.4. The fraction of sp³-hybridized carbons (Fsp3) is 0.486. The van der Waals surface area contributed by atoms with E-state index in [-0.39, 0.29) is 28.8 Å². The van der Waals surface area contributed by atoms with E-state index in [1.165, 1.54) is 5.56 Å². The minimum Gasteiger partial charge on any atom is -0.333 e. The van der Waals surface area contributed by atoms with Crippen LogP contribution in [0.25, 0.3) is 0 Å². The summed E-state index contributed by atoms with van der Waals surface area (Å²) in [7, 11) is 1.80. The number of likely N-dealkylation sites (N-methyl/N-ethyl adjacent to an activating group) is 1. The average Bonchev–Trinajstić information content (AvgIpc) is 3.58. The third kappa shape index (κ3) is 7.95. The molecule has 9 heteroatoms. The van der Waals surface area contributed by atoms with Gasteiger partial charge in [-0.1, -0.05) is 44.5 Å². The highest BCUT2D eigenvalue weighted by Crippen LogP contribution is 2.33. The molecule has 2 aliphatic heterocycles. The zero-order valence-electron chi connectivity index (χ0n) is 27.0. The highest BCUT2D eigenvalue weighted by atomic mass is 35.5. The molecule has 0 radical (unpaired) electrons. The van der Waals surface area contributed by atoms with E-state index in [9.17, 15) is 14.9 Å². The molecule has 1 fully saturated rings. The molecule has 2 N–H and O–H groups in total. The summed E-state index contributed by atoms with van der Waals surface area (Å²) in [5.74, 6) is 0.0568. The molecule has 0 bridgehead atoms. The number of carbonyl (C=O) groups is 2. The van der Waals surface area contributed by atoms with E-state index in [1.54, 1.807) is 37.4 Å². The molecule has 2 aromatic carbocycles. The fourth-order valence-corrected chi connectivity index (χ4v) is 5.57. The van der Waals surface area contributed by atoms with E-state index in [2.05, 4.69) is 72.5 Å². The number of carbonyl (C=O) groups excluding carboxylic acids is 2. The molecule has 0 aliphatic carbocycles. The van der Waals surface area contributed by atoms with E-state index < -0.39 is 5.54 Å². The second-order valence-electron chi connectivity index (χ2n) is 13.5. The first-order chi connectivity index (χ1) is 20.7. The number of hydrogen-bond acceptors (Lipinski definition) is 5. The summed E-state index contributed by atoms with van der Waals surface area (Å²) < 4.78 is 0. The molecule has 234 valence electrons. The highest BCUT2D eigenvalue weighted by molar-refractivity contribution is 6.30. The molecule has 44 heavy (non-hydrogen) atoms. The molecule has 8 nitrogen and oxygen atoms in total. The highest BCUT2D eigenvalue weighted by Gasteiger charge is 2.36. The van der Waals surface area contributed by atoms with Crippen LogP contribution in [-0.4, -0.2) is 60.3 Å². The van der Waals surface area contributed by atoms with Crippen LogP contribution in [0.5, 0.6) is 0 Å². The van der Waals surface area contributed by atoms with Crippen molar-refractivity contribution >= 4 is 34.9 Å². The number of hydrogen-bond donors (Lipinski definition) is 2. The Bertz CT molecular complexity index is 1480. The Morgan fingerprint density at radius 2 is 1.86 bits per heavy atom. The van der Waals surface area contributed by atoms with Crippen LogP contribution in [0, 0.1) is 16.7 Å². The SMILES string of the molecule is CNC(C)(C)C=C(C#N)C(=O)N1CCCC1CN1C(=NC(=O)c2ccc(Cl)cc2)Cc2cc(CN[C@@H](C)C(C)(C)C)ccc21. The molecule has 0 saturated carbocycles. The van der Waals surface area contributed by atoms with Gasteiger partial charge in [-0.2, -0.15) is 10.3 Å². The summed E-state index contributed by atoms with van der Waals surface area (Å²) in [6.07, 6.45) is 3.86. The molecule has 2 atom stereocenters. The number of nitrogens with one attached hydrogen (secondary N) is 2. The van der Waals surface area contributed by atoms with Gasteiger partial charge in [-0.3, -0.25) is 9.59 Å². The van der Waals surface area contributed by atoms with Crippen molar-refractivity contribution in [3.05, 3.63) is 75.8 Å². The van der Waals surface area contributed by atoms with Crippen molar-refractivity contribution in [2.24, 2.45) is 10.4 Å². The summed E-state index contributed by atoms with van der Waals surface area (Å²) >= 11 is 6.05. The van der Waals surface area contributed by atoms with Crippen molar-refractivity contribution in [1.82, 2.24) is 15.5 Å². The Morgan fingerprint density at radius 3 is 2.50 bits per heavy atom. The van der Waals surface area contributed by atoms with Crippen LogP contribution in [0.2, 0.25) is 5.02 Å². The van der Waals surface area contributed by atoms with Crippen LogP contribution in [0.15, 0.2) is 59.1 Å². The van der Waals surface area contributed by atoms with E-state index in [4.69, 9.17) is 11.6 Å². The number of anilines is 1. The number of amidine groups is 1. The average molecular weight is 617 g/mol. The molecule has 4 rings (SSSR count). The van der Waals surface area contributed by atoms with Gasteiger partial charge in [-0.15, -0.1) is 0 Å². The monoisotopic (exact) mass is 616 g/mol. The van der Waals surface area contributed by atoms with Gasteiger partial charge < -0.3 is 20.4 Å². The lowest BCUT2D eigenvalue weighted by atomic mass is 9.88. The quantitative estimate of drug-likeness (QED) is 0.269. The predicted molar refractivity (Wildman–Crippen MR) is 178 cm³/mol. The van der Waals surface area contributed by atoms with Crippen molar-refractivity contribution < 1.29 is 9.59 Å². The van der Waals surface area contributed by atoms with Gasteiger partial charge in [0.15, 0.2) is 0 Å². The standard InChI is InChI=1S/C35H45ClN6O2/c1-23(34(2,3)4)39-21-24-10-15-30-26(17-24)18-31(40-32(43)25-11-13-28(36)14-12-25)42(30)22-29-9-8-16-41(29)33(44)27(20-37)19-35(5,6)38-7/h10-15,17,19,23,29,38-39H,8-9,16,18,21-22H2,1-7H3/t23-,29?/m0/s1. The van der Waals surface area contributed by atoms with Gasteiger partial charge in [0, 0.05) is 53.9 Å². The summed E-state index contributed by atoms with van der Waals surface area (Å²) in [6.45, 7) is 14.5. The fourth-order valence-electron chi connectivity index (χ4n) is 5.45.